The van der Waals surface area contributed by atoms with Crippen molar-refractivity contribution in [2.75, 3.05) is 13.1 Å². The van der Waals surface area contributed by atoms with Gasteiger partial charge in [-0.05, 0) is 31.9 Å². The average molecular weight is 331 g/mol. The molecule has 120 valence electrons. The molecule has 2 aromatic heterocycles. The molecule has 0 aliphatic carbocycles. The molecule has 23 heavy (non-hydrogen) atoms. The first-order valence-corrected chi connectivity index (χ1v) is 8.33. The van der Waals surface area contributed by atoms with Crippen LogP contribution in [-0.4, -0.2) is 44.9 Å². The molecule has 1 N–H and O–H groups in total. The number of aromatic nitrogens is 2. The molecule has 1 amide bonds. The van der Waals surface area contributed by atoms with E-state index in [2.05, 4.69) is 9.97 Å². The molecule has 1 fully saturated rings. The Morgan fingerprint density at radius 3 is 2.96 bits per heavy atom. The molecule has 6 nitrogen and oxygen atoms in total. The lowest BCUT2D eigenvalue weighted by atomic mass is 9.98. The van der Waals surface area contributed by atoms with Crippen LogP contribution in [0.25, 0.3) is 0 Å². The van der Waals surface area contributed by atoms with Crippen molar-refractivity contribution in [1.82, 2.24) is 14.9 Å². The van der Waals surface area contributed by atoms with Crippen molar-refractivity contribution in [2.45, 2.75) is 25.7 Å². The average Bonchev–Trinajstić information content (AvgIpc) is 3.01. The third-order valence-corrected chi connectivity index (χ3v) is 5.05. The summed E-state index contributed by atoms with van der Waals surface area (Å²) in [5.74, 6) is -1.02. The number of hydrogen-bond donors (Lipinski definition) is 1. The number of carboxylic acids is 1. The Hall–Kier alpha value is -2.28. The predicted octanol–water partition coefficient (Wildman–Crippen LogP) is 2.56. The zero-order chi connectivity index (χ0) is 16.4. The zero-order valence-corrected chi connectivity index (χ0v) is 13.5. The van der Waals surface area contributed by atoms with Crippen LogP contribution in [0.5, 0.6) is 0 Å². The normalized spacial score (nSPS) is 18.0. The first-order valence-electron chi connectivity index (χ1n) is 7.45. The molecule has 7 heteroatoms. The largest absolute Gasteiger partial charge is 0.477 e. The summed E-state index contributed by atoms with van der Waals surface area (Å²) in [6.45, 7) is 3.27. The molecule has 1 unspecified atom stereocenters. The van der Waals surface area contributed by atoms with Crippen molar-refractivity contribution < 1.29 is 14.7 Å². The van der Waals surface area contributed by atoms with Gasteiger partial charge in [-0.15, -0.1) is 11.3 Å². The Morgan fingerprint density at radius 2 is 2.26 bits per heavy atom. The number of piperidine rings is 1. The fourth-order valence-electron chi connectivity index (χ4n) is 2.79. The summed E-state index contributed by atoms with van der Waals surface area (Å²) in [5, 5.41) is 12.1. The lowest BCUT2D eigenvalue weighted by Crippen LogP contribution is -2.39. The maximum absolute atomic E-state index is 12.6. The highest BCUT2D eigenvalue weighted by atomic mass is 32.1. The molecule has 0 radical (unpaired) electrons. The van der Waals surface area contributed by atoms with Gasteiger partial charge in [-0.3, -0.25) is 4.79 Å². The molecule has 0 aromatic carbocycles. The van der Waals surface area contributed by atoms with Gasteiger partial charge in [-0.2, -0.15) is 0 Å². The van der Waals surface area contributed by atoms with Crippen LogP contribution >= 0.6 is 11.3 Å². The molecule has 1 aliphatic heterocycles. The second-order valence-electron chi connectivity index (χ2n) is 5.65. The van der Waals surface area contributed by atoms with Gasteiger partial charge in [0, 0.05) is 41.8 Å². The number of carbonyl (C=O) groups excluding carboxylic acids is 1. The molecular formula is C16H17N3O3S. The summed E-state index contributed by atoms with van der Waals surface area (Å²) >= 11 is 1.64. The Morgan fingerprint density at radius 1 is 1.43 bits per heavy atom. The number of carboxylic acid groups (broad SMARTS) is 1. The molecule has 1 saturated heterocycles. The van der Waals surface area contributed by atoms with Crippen LogP contribution < -0.4 is 0 Å². The Bertz CT molecular complexity index is 744. The Kier molecular flexibility index (Phi) is 4.38. The van der Waals surface area contributed by atoms with Crippen LogP contribution in [0.1, 0.15) is 50.3 Å². The van der Waals surface area contributed by atoms with Gasteiger partial charge in [0.1, 0.15) is 5.69 Å². The number of aromatic carboxylic acids is 1. The summed E-state index contributed by atoms with van der Waals surface area (Å²) < 4.78 is 0. The number of amides is 1. The lowest BCUT2D eigenvalue weighted by molar-refractivity contribution is 0.0690. The fraction of sp³-hybridized carbons (Fsp3) is 0.375. The number of rotatable bonds is 3. The molecule has 0 bridgehead atoms. The van der Waals surface area contributed by atoms with Gasteiger partial charge in [0.05, 0.1) is 5.01 Å². The van der Waals surface area contributed by atoms with E-state index in [-0.39, 0.29) is 17.5 Å². The van der Waals surface area contributed by atoms with Crippen molar-refractivity contribution in [3.05, 3.63) is 45.7 Å². The van der Waals surface area contributed by atoms with Crippen LogP contribution in [0, 0.1) is 6.92 Å². The molecule has 2 aromatic rings. The molecule has 0 saturated carbocycles. The van der Waals surface area contributed by atoms with E-state index in [0.717, 1.165) is 23.5 Å². The van der Waals surface area contributed by atoms with Crippen molar-refractivity contribution >= 4 is 23.2 Å². The van der Waals surface area contributed by atoms with Crippen molar-refractivity contribution in [3.8, 4) is 0 Å². The van der Waals surface area contributed by atoms with Crippen LogP contribution in [0.4, 0.5) is 0 Å². The van der Waals surface area contributed by atoms with Gasteiger partial charge in [-0.25, -0.2) is 14.8 Å². The molecule has 1 atom stereocenters. The van der Waals surface area contributed by atoms with Crippen molar-refractivity contribution in [3.63, 3.8) is 0 Å². The highest BCUT2D eigenvalue weighted by Gasteiger charge is 2.27. The standard InChI is InChI=1S/C16H17N3O3S/c1-10-9-23-14(18-10)12-3-2-6-19(8-12)15(20)11-4-5-17-13(7-11)16(21)22/h4-5,7,9,12H,2-3,6,8H2,1H3,(H,21,22). The third-order valence-electron chi connectivity index (χ3n) is 3.92. The lowest BCUT2D eigenvalue weighted by Gasteiger charge is -2.32. The molecule has 3 rings (SSSR count). The second-order valence-corrected chi connectivity index (χ2v) is 6.54. The van der Waals surface area contributed by atoms with E-state index >= 15 is 0 Å². The number of nitrogens with zero attached hydrogens (tertiary/aromatic N) is 3. The Balaban J connectivity index is 1.77. The van der Waals surface area contributed by atoms with E-state index < -0.39 is 5.97 Å². The smallest absolute Gasteiger partial charge is 0.354 e. The van der Waals surface area contributed by atoms with Gasteiger partial charge in [0.15, 0.2) is 0 Å². The monoisotopic (exact) mass is 331 g/mol. The van der Waals surface area contributed by atoms with Crippen molar-refractivity contribution in [2.24, 2.45) is 0 Å². The number of hydrogen-bond acceptors (Lipinski definition) is 5. The topological polar surface area (TPSA) is 83.4 Å². The highest BCUT2D eigenvalue weighted by molar-refractivity contribution is 7.09. The zero-order valence-electron chi connectivity index (χ0n) is 12.7. The van der Waals surface area contributed by atoms with E-state index in [1.807, 2.05) is 12.3 Å². The molecule has 0 spiro atoms. The minimum Gasteiger partial charge on any atom is -0.477 e. The van der Waals surface area contributed by atoms with Gasteiger partial charge < -0.3 is 10.0 Å². The van der Waals surface area contributed by atoms with Gasteiger partial charge in [0.25, 0.3) is 5.91 Å². The SMILES string of the molecule is Cc1csc(C2CCCN(C(=O)c3ccnc(C(=O)O)c3)C2)n1. The van der Waals surface area contributed by atoms with E-state index in [1.54, 1.807) is 22.3 Å². The van der Waals surface area contributed by atoms with E-state index in [0.29, 0.717) is 18.7 Å². The number of thiazole rings is 1. The minimum atomic E-state index is -1.13. The molecule has 1 aliphatic rings. The summed E-state index contributed by atoms with van der Waals surface area (Å²) in [6, 6.07) is 2.90. The number of likely N-dealkylation sites (tertiary alicyclic amines) is 1. The van der Waals surface area contributed by atoms with E-state index in [4.69, 9.17) is 5.11 Å². The molecular weight excluding hydrogens is 314 g/mol. The number of pyridine rings is 1. The fourth-order valence-corrected chi connectivity index (χ4v) is 3.71. The minimum absolute atomic E-state index is 0.111. The Labute approximate surface area is 137 Å². The first-order chi connectivity index (χ1) is 11.0. The maximum Gasteiger partial charge on any atom is 0.354 e. The summed E-state index contributed by atoms with van der Waals surface area (Å²) in [6.07, 6.45) is 3.31. The van der Waals surface area contributed by atoms with Gasteiger partial charge in [0.2, 0.25) is 0 Å². The number of aryl methyl sites for hydroxylation is 1. The predicted molar refractivity (Wildman–Crippen MR) is 85.9 cm³/mol. The van der Waals surface area contributed by atoms with Crippen LogP contribution in [-0.2, 0) is 0 Å². The first kappa shape index (κ1) is 15.6. The van der Waals surface area contributed by atoms with E-state index in [1.165, 1.54) is 12.3 Å². The number of carbonyl (C=O) groups is 2. The second kappa shape index (κ2) is 6.45. The summed E-state index contributed by atoms with van der Waals surface area (Å²) in [7, 11) is 0. The molecule has 3 heterocycles. The van der Waals surface area contributed by atoms with Crippen LogP contribution in [0.15, 0.2) is 23.7 Å². The van der Waals surface area contributed by atoms with Crippen molar-refractivity contribution in [1.29, 1.82) is 0 Å². The van der Waals surface area contributed by atoms with Gasteiger partial charge >= 0.3 is 5.97 Å². The quantitative estimate of drug-likeness (QED) is 0.934. The van der Waals surface area contributed by atoms with Gasteiger partial charge in [-0.1, -0.05) is 0 Å². The van der Waals surface area contributed by atoms with Crippen LogP contribution in [0.2, 0.25) is 0 Å². The maximum atomic E-state index is 12.6. The summed E-state index contributed by atoms with van der Waals surface area (Å²) in [4.78, 5) is 33.7. The highest BCUT2D eigenvalue weighted by Crippen LogP contribution is 2.29. The van der Waals surface area contributed by atoms with E-state index in [9.17, 15) is 9.59 Å². The summed E-state index contributed by atoms with van der Waals surface area (Å²) in [5.41, 5.74) is 1.27. The third kappa shape index (κ3) is 3.39. The van der Waals surface area contributed by atoms with Crippen LogP contribution in [0.3, 0.4) is 0 Å².